The van der Waals surface area contributed by atoms with Crippen LogP contribution in [0.3, 0.4) is 0 Å². The zero-order valence-corrected chi connectivity index (χ0v) is 27.8. The van der Waals surface area contributed by atoms with Crippen molar-refractivity contribution in [2.75, 3.05) is 13.2 Å². The van der Waals surface area contributed by atoms with Crippen molar-refractivity contribution in [2.45, 2.75) is 90.2 Å². The minimum absolute atomic E-state index is 0.0747. The highest BCUT2D eigenvalue weighted by atomic mass is 32.1. The predicted molar refractivity (Wildman–Crippen MR) is 175 cm³/mol. The van der Waals surface area contributed by atoms with Gasteiger partial charge in [-0.1, -0.05) is 44.2 Å². The van der Waals surface area contributed by atoms with Gasteiger partial charge in [0.15, 0.2) is 0 Å². The van der Waals surface area contributed by atoms with Gasteiger partial charge in [-0.3, -0.25) is 14.8 Å². The summed E-state index contributed by atoms with van der Waals surface area (Å²) in [5, 5.41) is 8.99. The van der Waals surface area contributed by atoms with Crippen molar-refractivity contribution >= 4 is 40.7 Å². The molecular weight excluding hydrogens is 613 g/mol. The van der Waals surface area contributed by atoms with Crippen LogP contribution in [-0.4, -0.2) is 70.3 Å². The number of aromatic nitrogens is 2. The molecule has 3 N–H and O–H groups in total. The normalized spacial score (nSPS) is 14.8. The van der Waals surface area contributed by atoms with E-state index in [0.29, 0.717) is 38.3 Å². The SMILES string of the molecule is CC(C)COC[C@H](NC(=O)N(Cc1cncs1)C1CC1)C(=O)N[C@@H](C)CC[C@H](Cc1ccccc1)NC(=O)OCc1cncs1. The van der Waals surface area contributed by atoms with Crippen LogP contribution in [0.1, 0.15) is 61.8 Å². The topological polar surface area (TPSA) is 135 Å². The third-order valence-corrected chi connectivity index (χ3v) is 8.74. The van der Waals surface area contributed by atoms with E-state index in [1.807, 2.05) is 51.1 Å². The molecule has 244 valence electrons. The molecule has 0 spiro atoms. The molecule has 0 saturated heterocycles. The molecule has 2 heterocycles. The first-order valence-corrected chi connectivity index (χ1v) is 17.2. The Hall–Kier alpha value is -3.55. The Morgan fingerprint density at radius 3 is 2.29 bits per heavy atom. The first-order valence-electron chi connectivity index (χ1n) is 15.4. The summed E-state index contributed by atoms with van der Waals surface area (Å²) in [5.74, 6) is -0.00924. The third kappa shape index (κ3) is 12.4. The number of alkyl carbamates (subject to hydrolysis) is 1. The van der Waals surface area contributed by atoms with E-state index < -0.39 is 12.1 Å². The molecule has 4 rings (SSSR count). The monoisotopic (exact) mass is 656 g/mol. The van der Waals surface area contributed by atoms with Crippen LogP contribution in [0, 0.1) is 5.92 Å². The number of nitrogens with zero attached hydrogens (tertiary/aromatic N) is 3. The van der Waals surface area contributed by atoms with E-state index in [4.69, 9.17) is 9.47 Å². The van der Waals surface area contributed by atoms with E-state index in [1.165, 1.54) is 22.7 Å². The van der Waals surface area contributed by atoms with Crippen LogP contribution in [0.15, 0.2) is 53.7 Å². The molecule has 1 fully saturated rings. The van der Waals surface area contributed by atoms with Crippen LogP contribution in [-0.2, 0) is 33.8 Å². The number of carbonyl (C=O) groups is 3. The summed E-state index contributed by atoms with van der Waals surface area (Å²) in [7, 11) is 0. The number of urea groups is 1. The van der Waals surface area contributed by atoms with Gasteiger partial charge in [0, 0.05) is 42.0 Å². The summed E-state index contributed by atoms with van der Waals surface area (Å²) in [5.41, 5.74) is 4.54. The number of rotatable bonds is 18. The number of thiazole rings is 2. The molecule has 0 bridgehead atoms. The fourth-order valence-electron chi connectivity index (χ4n) is 4.73. The van der Waals surface area contributed by atoms with Crippen LogP contribution in [0.25, 0.3) is 0 Å². The summed E-state index contributed by atoms with van der Waals surface area (Å²) in [6.07, 6.45) is 6.67. The first-order chi connectivity index (χ1) is 21.8. The van der Waals surface area contributed by atoms with E-state index in [2.05, 4.69) is 25.9 Å². The van der Waals surface area contributed by atoms with E-state index in [-0.39, 0.29) is 43.3 Å². The number of nitrogens with one attached hydrogen (secondary N) is 3. The molecule has 1 aliphatic rings. The van der Waals surface area contributed by atoms with Gasteiger partial charge in [0.05, 0.1) is 29.0 Å². The maximum Gasteiger partial charge on any atom is 0.407 e. The van der Waals surface area contributed by atoms with Crippen LogP contribution < -0.4 is 16.0 Å². The zero-order valence-electron chi connectivity index (χ0n) is 26.1. The van der Waals surface area contributed by atoms with Gasteiger partial charge in [-0.2, -0.15) is 0 Å². The first kappa shape index (κ1) is 34.3. The molecule has 2 aromatic heterocycles. The second-order valence-electron chi connectivity index (χ2n) is 11.8. The third-order valence-electron chi connectivity index (χ3n) is 7.22. The average molecular weight is 657 g/mol. The van der Waals surface area contributed by atoms with Crippen molar-refractivity contribution in [1.82, 2.24) is 30.8 Å². The molecule has 0 radical (unpaired) electrons. The largest absolute Gasteiger partial charge is 0.444 e. The van der Waals surface area contributed by atoms with Crippen molar-refractivity contribution in [1.29, 1.82) is 0 Å². The Bertz CT molecular complexity index is 1300. The molecule has 0 unspecified atom stereocenters. The molecular formula is C32H44N6O5S2. The highest BCUT2D eigenvalue weighted by Gasteiger charge is 2.35. The van der Waals surface area contributed by atoms with Crippen molar-refractivity contribution in [3.63, 3.8) is 0 Å². The summed E-state index contributed by atoms with van der Waals surface area (Å²) >= 11 is 2.93. The maximum atomic E-state index is 13.5. The van der Waals surface area contributed by atoms with Gasteiger partial charge >= 0.3 is 12.1 Å². The summed E-state index contributed by atoms with van der Waals surface area (Å²) in [4.78, 5) is 51.3. The number of hydrogen-bond donors (Lipinski definition) is 3. The smallest absolute Gasteiger partial charge is 0.407 e. The van der Waals surface area contributed by atoms with Crippen LogP contribution in [0.4, 0.5) is 9.59 Å². The molecule has 13 heteroatoms. The second-order valence-corrected chi connectivity index (χ2v) is 13.8. The van der Waals surface area contributed by atoms with E-state index in [1.54, 1.807) is 28.3 Å². The standard InChI is InChI=1S/C32H44N6O5S2/c1-22(2)17-42-19-29(37-31(40)38(26-11-12-26)16-27-14-33-20-44-27)30(39)35-23(3)9-10-25(13-24-7-5-4-6-8-24)36-32(41)43-18-28-15-34-21-45-28/h4-8,14-15,20-23,25-26,29H,9-13,16-19H2,1-3H3,(H,35,39)(H,36,41)(H,37,40)/t23-,25+,29-/m0/s1. The molecule has 11 nitrogen and oxygen atoms in total. The number of benzene rings is 1. The Kier molecular flexibility index (Phi) is 13.6. The second kappa shape index (κ2) is 17.8. The molecule has 0 aliphatic heterocycles. The van der Waals surface area contributed by atoms with Gasteiger partial charge in [-0.15, -0.1) is 22.7 Å². The lowest BCUT2D eigenvalue weighted by Crippen LogP contribution is -2.55. The molecule has 3 atom stereocenters. The highest BCUT2D eigenvalue weighted by Crippen LogP contribution is 2.29. The quantitative estimate of drug-likeness (QED) is 0.173. The van der Waals surface area contributed by atoms with Crippen molar-refractivity contribution in [3.8, 4) is 0 Å². The summed E-state index contributed by atoms with van der Waals surface area (Å²) in [6.45, 7) is 7.17. The predicted octanol–water partition coefficient (Wildman–Crippen LogP) is 5.14. The van der Waals surface area contributed by atoms with Gasteiger partial charge in [0.2, 0.25) is 5.91 Å². The minimum Gasteiger partial charge on any atom is -0.444 e. The average Bonchev–Trinajstić information content (AvgIpc) is 3.46. The Labute approximate surface area is 273 Å². The summed E-state index contributed by atoms with van der Waals surface area (Å²) < 4.78 is 11.2. The lowest BCUT2D eigenvalue weighted by Gasteiger charge is -2.27. The lowest BCUT2D eigenvalue weighted by atomic mass is 9.99. The molecule has 1 aliphatic carbocycles. The van der Waals surface area contributed by atoms with Gasteiger partial charge < -0.3 is 30.3 Å². The van der Waals surface area contributed by atoms with E-state index in [0.717, 1.165) is 28.2 Å². The highest BCUT2D eigenvalue weighted by molar-refractivity contribution is 7.09. The van der Waals surface area contributed by atoms with Crippen molar-refractivity contribution in [3.05, 3.63) is 69.1 Å². The van der Waals surface area contributed by atoms with Gasteiger partial charge in [0.25, 0.3) is 0 Å². The van der Waals surface area contributed by atoms with Gasteiger partial charge in [-0.25, -0.2) is 9.59 Å². The Balaban J connectivity index is 1.33. The molecule has 4 amide bonds. The fraction of sp³-hybridized carbons (Fsp3) is 0.531. The summed E-state index contributed by atoms with van der Waals surface area (Å²) in [6, 6.07) is 8.54. The molecule has 45 heavy (non-hydrogen) atoms. The Morgan fingerprint density at radius 1 is 0.933 bits per heavy atom. The number of amides is 4. The molecule has 3 aromatic rings. The van der Waals surface area contributed by atoms with Crippen molar-refractivity contribution in [2.24, 2.45) is 5.92 Å². The fourth-order valence-corrected chi connectivity index (χ4v) is 5.82. The van der Waals surface area contributed by atoms with Crippen LogP contribution >= 0.6 is 22.7 Å². The number of carbonyl (C=O) groups excluding carboxylic acids is 3. The minimum atomic E-state index is -0.846. The number of hydrogen-bond acceptors (Lipinski definition) is 9. The van der Waals surface area contributed by atoms with Crippen LogP contribution in [0.5, 0.6) is 0 Å². The molecule has 1 aromatic carbocycles. The van der Waals surface area contributed by atoms with Crippen molar-refractivity contribution < 1.29 is 23.9 Å². The lowest BCUT2D eigenvalue weighted by molar-refractivity contribution is -0.125. The van der Waals surface area contributed by atoms with E-state index >= 15 is 0 Å². The Morgan fingerprint density at radius 2 is 1.64 bits per heavy atom. The maximum absolute atomic E-state index is 13.5. The zero-order chi connectivity index (χ0) is 32.0. The molecule has 1 saturated carbocycles. The van der Waals surface area contributed by atoms with Gasteiger partial charge in [0.1, 0.15) is 12.6 Å². The number of ether oxygens (including phenoxy) is 2. The van der Waals surface area contributed by atoms with E-state index in [9.17, 15) is 14.4 Å². The van der Waals surface area contributed by atoms with Crippen LogP contribution in [0.2, 0.25) is 0 Å². The van der Waals surface area contributed by atoms with Gasteiger partial charge in [-0.05, 0) is 50.5 Å².